The third-order valence-corrected chi connectivity index (χ3v) is 3.68. The number of nitrogens with zero attached hydrogens (tertiary/aromatic N) is 1. The first-order chi connectivity index (χ1) is 9.61. The minimum Gasteiger partial charge on any atom is -0.458 e. The summed E-state index contributed by atoms with van der Waals surface area (Å²) in [6, 6.07) is 4.28. The zero-order valence-electron chi connectivity index (χ0n) is 12.3. The molecule has 1 aliphatic rings. The number of halogens is 1. The molecule has 1 atom stereocenters. The van der Waals surface area contributed by atoms with E-state index in [1.165, 1.54) is 4.90 Å². The number of amides is 1. The van der Waals surface area contributed by atoms with Gasteiger partial charge in [-0.25, -0.2) is 4.79 Å². The molecule has 1 heterocycles. The first-order valence-corrected chi connectivity index (χ1v) is 7.60. The van der Waals surface area contributed by atoms with Gasteiger partial charge >= 0.3 is 5.97 Å². The van der Waals surface area contributed by atoms with E-state index in [1.54, 1.807) is 45.9 Å². The Labute approximate surface area is 136 Å². The van der Waals surface area contributed by atoms with Crippen molar-refractivity contribution < 1.29 is 19.1 Å². The van der Waals surface area contributed by atoms with E-state index in [0.717, 1.165) is 3.57 Å². The fourth-order valence-electron chi connectivity index (χ4n) is 2.11. The molecular formula is C15H16INO4. The van der Waals surface area contributed by atoms with Gasteiger partial charge in [0.1, 0.15) is 11.6 Å². The number of ether oxygens (including phenoxy) is 1. The zero-order chi connectivity index (χ0) is 15.9. The van der Waals surface area contributed by atoms with E-state index >= 15 is 0 Å². The summed E-state index contributed by atoms with van der Waals surface area (Å²) in [6.45, 7) is 6.83. The van der Waals surface area contributed by atoms with Crippen LogP contribution in [0.25, 0.3) is 0 Å². The molecule has 0 radical (unpaired) electrons. The average Bonchev–Trinajstić information content (AvgIpc) is 2.59. The van der Waals surface area contributed by atoms with Gasteiger partial charge in [-0.2, -0.15) is 0 Å². The van der Waals surface area contributed by atoms with Gasteiger partial charge in [0.25, 0.3) is 11.7 Å². The molecule has 2 rings (SSSR count). The van der Waals surface area contributed by atoms with Crippen molar-refractivity contribution >= 4 is 45.9 Å². The predicted octanol–water partition coefficient (Wildman–Crippen LogP) is 2.55. The number of hydrogen-bond acceptors (Lipinski definition) is 4. The molecule has 0 saturated carbocycles. The first kappa shape index (κ1) is 15.9. The van der Waals surface area contributed by atoms with Crippen molar-refractivity contribution in [3.63, 3.8) is 0 Å². The van der Waals surface area contributed by atoms with Crippen molar-refractivity contribution in [3.8, 4) is 0 Å². The molecule has 0 bridgehead atoms. The highest BCUT2D eigenvalue weighted by atomic mass is 127. The highest BCUT2D eigenvalue weighted by molar-refractivity contribution is 14.1. The van der Waals surface area contributed by atoms with E-state index in [1.807, 2.05) is 0 Å². The quantitative estimate of drug-likeness (QED) is 0.434. The van der Waals surface area contributed by atoms with E-state index in [0.29, 0.717) is 11.3 Å². The van der Waals surface area contributed by atoms with Gasteiger partial charge in [0.15, 0.2) is 0 Å². The van der Waals surface area contributed by atoms with Crippen LogP contribution in [-0.4, -0.2) is 29.3 Å². The number of esters is 1. The van der Waals surface area contributed by atoms with Crippen molar-refractivity contribution in [1.29, 1.82) is 0 Å². The summed E-state index contributed by atoms with van der Waals surface area (Å²) < 4.78 is 6.15. The molecular weight excluding hydrogens is 385 g/mol. The van der Waals surface area contributed by atoms with Crippen LogP contribution >= 0.6 is 22.6 Å². The van der Waals surface area contributed by atoms with Gasteiger partial charge < -0.3 is 4.74 Å². The van der Waals surface area contributed by atoms with Gasteiger partial charge in [0, 0.05) is 3.57 Å². The van der Waals surface area contributed by atoms with Gasteiger partial charge in [-0.3, -0.25) is 14.5 Å². The second-order valence-corrected chi connectivity index (χ2v) is 7.12. The number of carbonyl (C=O) groups excluding carboxylic acids is 3. The standard InChI is InChI=1S/C15H16INO4/c1-8(14(20)21-15(2,3)4)17-11-6-5-9(16)7-10(11)12(18)13(17)19/h5-8H,1-4H3/t8-/m1/s1. The Morgan fingerprint density at radius 1 is 1.29 bits per heavy atom. The maximum Gasteiger partial charge on any atom is 0.329 e. The lowest BCUT2D eigenvalue weighted by atomic mass is 10.1. The van der Waals surface area contributed by atoms with Gasteiger partial charge in [0.05, 0.1) is 11.3 Å². The summed E-state index contributed by atoms with van der Waals surface area (Å²) in [5, 5.41) is 0. The van der Waals surface area contributed by atoms with Crippen LogP contribution in [-0.2, 0) is 14.3 Å². The van der Waals surface area contributed by atoms with Crippen molar-refractivity contribution in [1.82, 2.24) is 0 Å². The molecule has 0 spiro atoms. The Kier molecular flexibility index (Phi) is 4.10. The molecule has 1 aliphatic heterocycles. The number of benzene rings is 1. The molecule has 5 nitrogen and oxygen atoms in total. The summed E-state index contributed by atoms with van der Waals surface area (Å²) in [5.74, 6) is -1.81. The van der Waals surface area contributed by atoms with Crippen LogP contribution in [0, 0.1) is 3.57 Å². The number of Topliss-reactive ketones (excluding diaryl/α,β-unsaturated/α-hetero) is 1. The second-order valence-electron chi connectivity index (χ2n) is 5.88. The monoisotopic (exact) mass is 401 g/mol. The fraction of sp³-hybridized carbons (Fsp3) is 0.400. The SMILES string of the molecule is C[C@H](C(=O)OC(C)(C)C)N1C(=O)C(=O)c2cc(I)ccc21. The van der Waals surface area contributed by atoms with Crippen LogP contribution in [0.1, 0.15) is 38.1 Å². The lowest BCUT2D eigenvalue weighted by Crippen LogP contribution is -2.45. The highest BCUT2D eigenvalue weighted by Crippen LogP contribution is 2.32. The maximum absolute atomic E-state index is 12.2. The highest BCUT2D eigenvalue weighted by Gasteiger charge is 2.41. The van der Waals surface area contributed by atoms with Crippen molar-refractivity contribution in [2.75, 3.05) is 4.90 Å². The summed E-state index contributed by atoms with van der Waals surface area (Å²) in [6.07, 6.45) is 0. The summed E-state index contributed by atoms with van der Waals surface area (Å²) in [4.78, 5) is 37.5. The fourth-order valence-corrected chi connectivity index (χ4v) is 2.60. The van der Waals surface area contributed by atoms with Crippen LogP contribution in [0.2, 0.25) is 0 Å². The Balaban J connectivity index is 2.35. The molecule has 0 fully saturated rings. The number of rotatable bonds is 2. The number of ketones is 1. The van der Waals surface area contributed by atoms with Crippen molar-refractivity contribution in [3.05, 3.63) is 27.3 Å². The number of anilines is 1. The average molecular weight is 401 g/mol. The van der Waals surface area contributed by atoms with Crippen LogP contribution in [0.3, 0.4) is 0 Å². The molecule has 0 aliphatic carbocycles. The molecule has 0 unspecified atom stereocenters. The van der Waals surface area contributed by atoms with Crippen LogP contribution in [0.15, 0.2) is 18.2 Å². The topological polar surface area (TPSA) is 63.7 Å². The van der Waals surface area contributed by atoms with Gasteiger partial charge in [-0.1, -0.05) is 0 Å². The molecule has 1 aromatic carbocycles. The second kappa shape index (κ2) is 5.40. The Hall–Kier alpha value is -1.44. The maximum atomic E-state index is 12.2. The minimum atomic E-state index is -0.845. The van der Waals surface area contributed by atoms with E-state index in [9.17, 15) is 14.4 Å². The van der Waals surface area contributed by atoms with E-state index < -0.39 is 29.3 Å². The lowest BCUT2D eigenvalue weighted by Gasteiger charge is -2.27. The first-order valence-electron chi connectivity index (χ1n) is 6.52. The third-order valence-electron chi connectivity index (χ3n) is 3.01. The number of fused-ring (bicyclic) bond motifs is 1. The normalized spacial score (nSPS) is 16.0. The molecule has 0 N–H and O–H groups in total. The van der Waals surface area contributed by atoms with Gasteiger partial charge in [-0.05, 0) is 68.5 Å². The van der Waals surface area contributed by atoms with E-state index in [-0.39, 0.29) is 0 Å². The molecule has 1 amide bonds. The van der Waals surface area contributed by atoms with Crippen molar-refractivity contribution in [2.45, 2.75) is 39.3 Å². The van der Waals surface area contributed by atoms with Crippen LogP contribution in [0.4, 0.5) is 5.69 Å². The van der Waals surface area contributed by atoms with Gasteiger partial charge in [-0.15, -0.1) is 0 Å². The molecule has 0 aromatic heterocycles. The van der Waals surface area contributed by atoms with Crippen LogP contribution in [0.5, 0.6) is 0 Å². The molecule has 0 saturated heterocycles. The number of carbonyl (C=O) groups is 3. The van der Waals surface area contributed by atoms with E-state index in [4.69, 9.17) is 4.74 Å². The third kappa shape index (κ3) is 3.09. The summed E-state index contributed by atoms with van der Waals surface area (Å²) in [5.41, 5.74) is 0.151. The predicted molar refractivity (Wildman–Crippen MR) is 86.3 cm³/mol. The summed E-state index contributed by atoms with van der Waals surface area (Å²) in [7, 11) is 0. The molecule has 1 aromatic rings. The Morgan fingerprint density at radius 2 is 1.90 bits per heavy atom. The van der Waals surface area contributed by atoms with Gasteiger partial charge in [0.2, 0.25) is 0 Å². The molecule has 6 heteroatoms. The molecule has 21 heavy (non-hydrogen) atoms. The minimum absolute atomic E-state index is 0.335. The largest absolute Gasteiger partial charge is 0.458 e. The lowest BCUT2D eigenvalue weighted by molar-refractivity contribution is -0.156. The zero-order valence-corrected chi connectivity index (χ0v) is 14.4. The summed E-state index contributed by atoms with van der Waals surface area (Å²) >= 11 is 2.07. The Morgan fingerprint density at radius 3 is 2.48 bits per heavy atom. The Bertz CT molecular complexity index is 633. The molecule has 112 valence electrons. The number of hydrogen-bond donors (Lipinski definition) is 0. The smallest absolute Gasteiger partial charge is 0.329 e. The van der Waals surface area contributed by atoms with Crippen LogP contribution < -0.4 is 4.90 Å². The van der Waals surface area contributed by atoms with E-state index in [2.05, 4.69) is 22.6 Å². The van der Waals surface area contributed by atoms with Crippen molar-refractivity contribution in [2.24, 2.45) is 0 Å².